The number of carboxylic acids is 1. The van der Waals surface area contributed by atoms with Crippen LogP contribution in [0.2, 0.25) is 0 Å². The highest BCUT2D eigenvalue weighted by Gasteiger charge is 2.22. The summed E-state index contributed by atoms with van der Waals surface area (Å²) in [5, 5.41) is 24.1. The van der Waals surface area contributed by atoms with Gasteiger partial charge in [-0.3, -0.25) is 4.79 Å². The van der Waals surface area contributed by atoms with E-state index in [4.69, 9.17) is 4.42 Å². The van der Waals surface area contributed by atoms with Crippen LogP contribution in [0.5, 0.6) is 0 Å². The molecule has 0 aliphatic heterocycles. The second-order valence-corrected chi connectivity index (χ2v) is 9.50. The van der Waals surface area contributed by atoms with Gasteiger partial charge in [0.2, 0.25) is 0 Å². The van der Waals surface area contributed by atoms with Gasteiger partial charge in [-0.05, 0) is 50.2 Å². The number of furan rings is 1. The molecule has 0 saturated carbocycles. The normalized spacial score (nSPS) is 15.1. The Balaban J connectivity index is 1.33. The van der Waals surface area contributed by atoms with Gasteiger partial charge in [-0.25, -0.2) is 0 Å². The van der Waals surface area contributed by atoms with Gasteiger partial charge in [-0.15, -0.1) is 0 Å². The summed E-state index contributed by atoms with van der Waals surface area (Å²) in [4.78, 5) is 11.9. The van der Waals surface area contributed by atoms with Crippen LogP contribution in [0, 0.1) is 5.92 Å². The van der Waals surface area contributed by atoms with E-state index in [1.54, 1.807) is 0 Å². The molecular formula is C29H35NO4. The average Bonchev–Trinajstić information content (AvgIpc) is 3.03. The Hall–Kier alpha value is -3.08. The minimum Gasteiger partial charge on any atom is -0.481 e. The van der Waals surface area contributed by atoms with Crippen LogP contribution in [0.15, 0.2) is 58.1 Å². The number of carbonyl (C=O) groups is 1. The van der Waals surface area contributed by atoms with E-state index >= 15 is 0 Å². The molecule has 5 heteroatoms. The van der Waals surface area contributed by atoms with Crippen molar-refractivity contribution in [2.24, 2.45) is 11.1 Å². The fourth-order valence-corrected chi connectivity index (χ4v) is 5.10. The molecule has 0 spiro atoms. The minimum atomic E-state index is -0.837. The number of oxime groups is 1. The molecule has 5 nitrogen and oxygen atoms in total. The van der Waals surface area contributed by atoms with Crippen molar-refractivity contribution in [3.63, 3.8) is 0 Å². The lowest BCUT2D eigenvalue weighted by atomic mass is 9.92. The Bertz CT molecular complexity index is 1120. The maximum absolute atomic E-state index is 11.9. The number of hydrogen-bond acceptors (Lipinski definition) is 4. The smallest absolute Gasteiger partial charge is 0.306 e. The summed E-state index contributed by atoms with van der Waals surface area (Å²) < 4.78 is 6.14. The van der Waals surface area contributed by atoms with Crippen LogP contribution in [-0.2, 0) is 24.1 Å². The van der Waals surface area contributed by atoms with E-state index in [0.717, 1.165) is 73.7 Å². The van der Waals surface area contributed by atoms with Gasteiger partial charge >= 0.3 is 5.97 Å². The van der Waals surface area contributed by atoms with Crippen LogP contribution in [0.1, 0.15) is 80.2 Å². The molecular weight excluding hydrogens is 426 g/mol. The summed E-state index contributed by atoms with van der Waals surface area (Å²) in [5.74, 6) is -0.330. The molecule has 1 heterocycles. The van der Waals surface area contributed by atoms with Gasteiger partial charge in [0.1, 0.15) is 11.3 Å². The number of aryl methyl sites for hydroxylation is 3. The lowest BCUT2D eigenvalue weighted by Crippen LogP contribution is -2.19. The molecule has 0 amide bonds. The number of nitrogens with zero attached hydrogens (tertiary/aromatic N) is 1. The first-order valence-corrected chi connectivity index (χ1v) is 12.7. The van der Waals surface area contributed by atoms with Crippen molar-refractivity contribution in [2.45, 2.75) is 77.0 Å². The fraction of sp³-hybridized carbons (Fsp3) is 0.448. The Kier molecular flexibility index (Phi) is 8.40. The van der Waals surface area contributed by atoms with Crippen LogP contribution >= 0.6 is 0 Å². The molecule has 2 aromatic carbocycles. The zero-order valence-electron chi connectivity index (χ0n) is 19.8. The van der Waals surface area contributed by atoms with E-state index in [9.17, 15) is 15.1 Å². The number of benzene rings is 2. The second kappa shape index (κ2) is 11.9. The van der Waals surface area contributed by atoms with E-state index in [-0.39, 0.29) is 6.42 Å². The monoisotopic (exact) mass is 461 g/mol. The third-order valence-corrected chi connectivity index (χ3v) is 7.06. The van der Waals surface area contributed by atoms with Gasteiger partial charge in [0.15, 0.2) is 0 Å². The number of aliphatic carboxylic acids is 1. The summed E-state index contributed by atoms with van der Waals surface area (Å²) in [6.07, 6.45) is 11.5. The van der Waals surface area contributed by atoms with Crippen LogP contribution in [0.4, 0.5) is 0 Å². The maximum Gasteiger partial charge on any atom is 0.306 e. The molecule has 1 aliphatic carbocycles. The van der Waals surface area contributed by atoms with E-state index in [2.05, 4.69) is 29.4 Å². The Morgan fingerprint density at radius 2 is 1.76 bits per heavy atom. The Morgan fingerprint density at radius 3 is 2.56 bits per heavy atom. The largest absolute Gasteiger partial charge is 0.481 e. The van der Waals surface area contributed by atoms with Gasteiger partial charge in [0.25, 0.3) is 0 Å². The molecule has 2 N–H and O–H groups in total. The molecule has 0 unspecified atom stereocenters. The first-order valence-electron chi connectivity index (χ1n) is 12.7. The summed E-state index contributed by atoms with van der Waals surface area (Å²) in [7, 11) is 0. The summed E-state index contributed by atoms with van der Waals surface area (Å²) in [6.45, 7) is 0. The number of rotatable bonds is 11. The quantitative estimate of drug-likeness (QED) is 0.104. The summed E-state index contributed by atoms with van der Waals surface area (Å²) in [6, 6.07) is 16.3. The van der Waals surface area contributed by atoms with Crippen molar-refractivity contribution in [1.82, 2.24) is 0 Å². The van der Waals surface area contributed by atoms with E-state index < -0.39 is 11.9 Å². The molecule has 4 rings (SSSR count). The Labute approximate surface area is 201 Å². The predicted octanol–water partition coefficient (Wildman–Crippen LogP) is 7.16. The molecule has 1 aliphatic rings. The lowest BCUT2D eigenvalue weighted by molar-refractivity contribution is -0.141. The number of fused-ring (bicyclic) bond motifs is 3. The number of unbranched alkanes of at least 4 members (excludes halogenated alkanes) is 3. The van der Waals surface area contributed by atoms with Gasteiger partial charge < -0.3 is 14.7 Å². The van der Waals surface area contributed by atoms with E-state index in [1.165, 1.54) is 24.0 Å². The first kappa shape index (κ1) is 24.1. The summed E-state index contributed by atoms with van der Waals surface area (Å²) in [5.41, 5.74) is 4.59. The molecule has 0 fully saturated rings. The van der Waals surface area contributed by atoms with Crippen LogP contribution in [0.3, 0.4) is 0 Å². The van der Waals surface area contributed by atoms with E-state index in [0.29, 0.717) is 12.1 Å². The van der Waals surface area contributed by atoms with Crippen molar-refractivity contribution in [3.8, 4) is 0 Å². The topological polar surface area (TPSA) is 83.0 Å². The number of hydrogen-bond donors (Lipinski definition) is 2. The van der Waals surface area contributed by atoms with Crippen molar-refractivity contribution in [1.29, 1.82) is 0 Å². The molecule has 0 saturated heterocycles. The molecule has 1 atom stereocenters. The highest BCUT2D eigenvalue weighted by molar-refractivity contribution is 6.04. The zero-order chi connectivity index (χ0) is 23.8. The minimum absolute atomic E-state index is 0.210. The van der Waals surface area contributed by atoms with Crippen molar-refractivity contribution in [2.75, 3.05) is 0 Å². The zero-order valence-corrected chi connectivity index (χ0v) is 19.8. The molecule has 0 bridgehead atoms. The number of carboxylic acid groups (broad SMARTS) is 1. The van der Waals surface area contributed by atoms with Crippen molar-refractivity contribution < 1.29 is 19.5 Å². The van der Waals surface area contributed by atoms with Crippen LogP contribution < -0.4 is 0 Å². The van der Waals surface area contributed by atoms with Gasteiger partial charge in [0.05, 0.1) is 11.6 Å². The van der Waals surface area contributed by atoms with Gasteiger partial charge in [-0.2, -0.15) is 0 Å². The van der Waals surface area contributed by atoms with Gasteiger partial charge in [-0.1, -0.05) is 73.3 Å². The second-order valence-electron chi connectivity index (χ2n) is 9.50. The van der Waals surface area contributed by atoms with E-state index in [1.807, 2.05) is 24.3 Å². The predicted molar refractivity (Wildman–Crippen MR) is 135 cm³/mol. The lowest BCUT2D eigenvalue weighted by Gasteiger charge is -2.13. The molecule has 180 valence electrons. The third-order valence-electron chi connectivity index (χ3n) is 7.06. The maximum atomic E-state index is 11.9. The van der Waals surface area contributed by atoms with Crippen LogP contribution in [-0.4, -0.2) is 22.0 Å². The van der Waals surface area contributed by atoms with Crippen LogP contribution in [0.25, 0.3) is 11.0 Å². The SMILES string of the molecule is O=C(O)[C@@H](CCCCCCc1ccccc1)CC(=NO)c1ccc2c3c(oc2c1)CCCCC3. The highest BCUT2D eigenvalue weighted by Crippen LogP contribution is 2.32. The van der Waals surface area contributed by atoms with Gasteiger partial charge in [0, 0.05) is 29.4 Å². The fourth-order valence-electron chi connectivity index (χ4n) is 5.10. The average molecular weight is 462 g/mol. The first-order chi connectivity index (χ1) is 16.7. The molecule has 34 heavy (non-hydrogen) atoms. The van der Waals surface area contributed by atoms with Crippen molar-refractivity contribution >= 4 is 22.7 Å². The molecule has 3 aromatic rings. The Morgan fingerprint density at radius 1 is 0.971 bits per heavy atom. The summed E-state index contributed by atoms with van der Waals surface area (Å²) >= 11 is 0. The van der Waals surface area contributed by atoms with Crippen molar-refractivity contribution in [3.05, 3.63) is 71.0 Å². The third kappa shape index (κ3) is 6.07. The molecule has 0 radical (unpaired) electrons. The standard InChI is InChI=1S/C29H35NO4/c31-29(32)23(14-8-2-1-5-11-21-12-6-3-7-13-21)19-26(30-33)22-17-18-25-24-15-9-4-10-16-27(24)34-28(25)20-22/h3,6-7,12-13,17-18,20,23,33H,1-2,4-5,8-11,14-16,19H2,(H,31,32)/t23-/m0/s1. The highest BCUT2D eigenvalue weighted by atomic mass is 16.4. The molecule has 1 aromatic heterocycles.